The first-order valence-electron chi connectivity index (χ1n) is 5.89. The third-order valence-corrected chi connectivity index (χ3v) is 4.72. The maximum Gasteiger partial charge on any atom is 0.103 e. The number of thioether (sulfide) groups is 1. The van der Waals surface area contributed by atoms with Crippen LogP contribution in [0, 0.1) is 0 Å². The van der Waals surface area contributed by atoms with E-state index in [0.717, 1.165) is 21.3 Å². The first-order chi connectivity index (χ1) is 8.47. The van der Waals surface area contributed by atoms with E-state index in [4.69, 9.17) is 5.73 Å². The molecule has 0 unspecified atom stereocenters. The van der Waals surface area contributed by atoms with Crippen LogP contribution < -0.4 is 5.73 Å². The Balaban J connectivity index is 2.03. The molecule has 1 aromatic carbocycles. The van der Waals surface area contributed by atoms with Gasteiger partial charge in [-0.15, -0.1) is 23.1 Å². The van der Waals surface area contributed by atoms with E-state index in [-0.39, 0.29) is 5.41 Å². The van der Waals surface area contributed by atoms with Gasteiger partial charge in [0.1, 0.15) is 5.01 Å². The van der Waals surface area contributed by atoms with Crippen molar-refractivity contribution in [1.82, 2.24) is 4.98 Å². The average Bonchev–Trinajstić information content (AvgIpc) is 2.76. The highest BCUT2D eigenvalue weighted by Gasteiger charge is 2.17. The summed E-state index contributed by atoms with van der Waals surface area (Å²) < 4.78 is 0. The molecule has 1 heterocycles. The molecule has 0 atom stereocenters. The molecule has 0 aliphatic rings. The van der Waals surface area contributed by atoms with E-state index in [1.165, 1.54) is 5.69 Å². The first-order valence-corrected chi connectivity index (χ1v) is 7.75. The van der Waals surface area contributed by atoms with E-state index in [9.17, 15) is 0 Å². The van der Waals surface area contributed by atoms with Crippen LogP contribution in [0.4, 0.5) is 5.69 Å². The van der Waals surface area contributed by atoms with Crippen molar-refractivity contribution >= 4 is 28.8 Å². The van der Waals surface area contributed by atoms with Crippen molar-refractivity contribution in [2.45, 2.75) is 36.8 Å². The minimum Gasteiger partial charge on any atom is -0.398 e. The second-order valence-corrected chi connectivity index (χ2v) is 7.16. The Morgan fingerprint density at radius 1 is 1.28 bits per heavy atom. The van der Waals surface area contributed by atoms with Crippen molar-refractivity contribution in [1.29, 1.82) is 0 Å². The monoisotopic (exact) mass is 278 g/mol. The maximum absolute atomic E-state index is 5.92. The molecule has 0 saturated heterocycles. The molecule has 1 aromatic heterocycles. The van der Waals surface area contributed by atoms with E-state index in [1.54, 1.807) is 23.1 Å². The summed E-state index contributed by atoms with van der Waals surface area (Å²) >= 11 is 3.48. The van der Waals surface area contributed by atoms with E-state index < -0.39 is 0 Å². The Morgan fingerprint density at radius 2 is 2.00 bits per heavy atom. The Morgan fingerprint density at radius 3 is 2.61 bits per heavy atom. The quantitative estimate of drug-likeness (QED) is 0.671. The largest absolute Gasteiger partial charge is 0.398 e. The molecule has 0 radical (unpaired) electrons. The zero-order valence-corrected chi connectivity index (χ0v) is 12.6. The fraction of sp³-hybridized carbons (Fsp3) is 0.357. The third kappa shape index (κ3) is 3.27. The lowest BCUT2D eigenvalue weighted by molar-refractivity contribution is 0.572. The number of nitrogens with zero attached hydrogens (tertiary/aromatic N) is 1. The Kier molecular flexibility index (Phi) is 3.97. The lowest BCUT2D eigenvalue weighted by Gasteiger charge is -2.14. The summed E-state index contributed by atoms with van der Waals surface area (Å²) in [5, 5.41) is 3.32. The third-order valence-electron chi connectivity index (χ3n) is 2.59. The lowest BCUT2D eigenvalue weighted by Crippen LogP contribution is -2.11. The molecule has 0 fully saturated rings. The number of thiazole rings is 1. The van der Waals surface area contributed by atoms with Gasteiger partial charge in [-0.25, -0.2) is 4.98 Å². The molecular formula is C14H18N2S2. The summed E-state index contributed by atoms with van der Waals surface area (Å²) in [6.45, 7) is 6.57. The molecule has 2 nitrogen and oxygen atoms in total. The smallest absolute Gasteiger partial charge is 0.103 e. The second-order valence-electron chi connectivity index (χ2n) is 5.20. The van der Waals surface area contributed by atoms with Crippen LogP contribution in [0.1, 0.15) is 31.5 Å². The summed E-state index contributed by atoms with van der Waals surface area (Å²) in [4.78, 5) is 5.81. The maximum atomic E-state index is 5.92. The number of benzene rings is 1. The lowest BCUT2D eigenvalue weighted by atomic mass is 9.93. The highest BCUT2D eigenvalue weighted by atomic mass is 32.2. The van der Waals surface area contributed by atoms with Gasteiger partial charge >= 0.3 is 0 Å². The zero-order chi connectivity index (χ0) is 13.2. The highest BCUT2D eigenvalue weighted by molar-refractivity contribution is 7.98. The van der Waals surface area contributed by atoms with Gasteiger partial charge in [0.15, 0.2) is 0 Å². The van der Waals surface area contributed by atoms with Crippen molar-refractivity contribution in [2.24, 2.45) is 0 Å². The van der Waals surface area contributed by atoms with Gasteiger partial charge in [0.2, 0.25) is 0 Å². The number of rotatable bonds is 3. The molecule has 0 saturated carbocycles. The van der Waals surface area contributed by atoms with Crippen molar-refractivity contribution in [3.63, 3.8) is 0 Å². The number of nitrogens with two attached hydrogens (primary N) is 1. The van der Waals surface area contributed by atoms with Crippen LogP contribution in [0.15, 0.2) is 34.5 Å². The van der Waals surface area contributed by atoms with E-state index in [1.807, 2.05) is 18.2 Å². The van der Waals surface area contributed by atoms with Gasteiger partial charge in [0.25, 0.3) is 0 Å². The number of hydrogen-bond acceptors (Lipinski definition) is 4. The molecule has 0 aliphatic carbocycles. The highest BCUT2D eigenvalue weighted by Crippen LogP contribution is 2.30. The van der Waals surface area contributed by atoms with Crippen molar-refractivity contribution < 1.29 is 0 Å². The van der Waals surface area contributed by atoms with E-state index in [0.29, 0.717) is 0 Å². The molecule has 18 heavy (non-hydrogen) atoms. The van der Waals surface area contributed by atoms with Crippen molar-refractivity contribution in [3.8, 4) is 0 Å². The number of anilines is 1. The minimum atomic E-state index is 0.130. The van der Waals surface area contributed by atoms with Gasteiger partial charge in [-0.05, 0) is 12.1 Å². The zero-order valence-electron chi connectivity index (χ0n) is 10.9. The van der Waals surface area contributed by atoms with Crippen molar-refractivity contribution in [2.75, 3.05) is 5.73 Å². The Hall–Kier alpha value is -1.00. The van der Waals surface area contributed by atoms with Gasteiger partial charge in [-0.2, -0.15) is 0 Å². The number of nitrogen functional groups attached to an aromatic ring is 1. The molecule has 0 bridgehead atoms. The van der Waals surface area contributed by atoms with Crippen LogP contribution in [-0.4, -0.2) is 4.98 Å². The fourth-order valence-electron chi connectivity index (χ4n) is 1.47. The normalized spacial score (nSPS) is 11.7. The predicted octanol–water partition coefficient (Wildman–Crippen LogP) is 4.32. The molecule has 0 spiro atoms. The van der Waals surface area contributed by atoms with Gasteiger partial charge < -0.3 is 5.73 Å². The van der Waals surface area contributed by atoms with Crippen LogP contribution in [0.5, 0.6) is 0 Å². The average molecular weight is 278 g/mol. The summed E-state index contributed by atoms with van der Waals surface area (Å²) in [5.41, 5.74) is 8.06. The number of para-hydroxylation sites is 1. The van der Waals surface area contributed by atoms with Crippen LogP contribution in [0.2, 0.25) is 0 Å². The van der Waals surface area contributed by atoms with Gasteiger partial charge in [0.05, 0.1) is 11.4 Å². The first kappa shape index (κ1) is 13.4. The van der Waals surface area contributed by atoms with Crippen LogP contribution in [0.25, 0.3) is 0 Å². The van der Waals surface area contributed by atoms with Crippen molar-refractivity contribution in [3.05, 3.63) is 40.3 Å². The minimum absolute atomic E-state index is 0.130. The summed E-state index contributed by atoms with van der Waals surface area (Å²) in [7, 11) is 0. The fourth-order valence-corrected chi connectivity index (χ4v) is 3.48. The van der Waals surface area contributed by atoms with E-state index in [2.05, 4.69) is 37.2 Å². The molecule has 96 valence electrons. The standard InChI is InChI=1S/C14H18N2S2/c1-14(2,3)12-8-18-13(16-12)9-17-11-7-5-4-6-10(11)15/h4-8H,9,15H2,1-3H3. The van der Waals surface area contributed by atoms with Crippen LogP contribution in [0.3, 0.4) is 0 Å². The van der Waals surface area contributed by atoms with Crippen LogP contribution >= 0.6 is 23.1 Å². The summed E-state index contributed by atoms with van der Waals surface area (Å²) in [5.74, 6) is 0.884. The Bertz CT molecular complexity index is 527. The van der Waals surface area contributed by atoms with Gasteiger partial charge in [-0.3, -0.25) is 0 Å². The Labute approximate surface area is 117 Å². The summed E-state index contributed by atoms with van der Waals surface area (Å²) in [6, 6.07) is 7.96. The number of aromatic nitrogens is 1. The predicted molar refractivity (Wildman–Crippen MR) is 81.2 cm³/mol. The molecule has 4 heteroatoms. The molecule has 2 N–H and O–H groups in total. The molecule has 2 rings (SSSR count). The second kappa shape index (κ2) is 5.33. The van der Waals surface area contributed by atoms with Gasteiger partial charge in [0, 0.05) is 21.4 Å². The molecule has 2 aromatic rings. The topological polar surface area (TPSA) is 38.9 Å². The van der Waals surface area contributed by atoms with E-state index >= 15 is 0 Å². The summed E-state index contributed by atoms with van der Waals surface area (Å²) in [6.07, 6.45) is 0. The van der Waals surface area contributed by atoms with Crippen LogP contribution in [-0.2, 0) is 11.2 Å². The van der Waals surface area contributed by atoms with Gasteiger partial charge in [-0.1, -0.05) is 32.9 Å². The molecular weight excluding hydrogens is 260 g/mol. The molecule has 0 amide bonds. The molecule has 0 aliphatic heterocycles. The number of hydrogen-bond donors (Lipinski definition) is 1. The SMILES string of the molecule is CC(C)(C)c1csc(CSc2ccccc2N)n1.